The minimum atomic E-state index is -1.54. The van der Waals surface area contributed by atoms with E-state index < -0.39 is 17.5 Å². The van der Waals surface area contributed by atoms with Gasteiger partial charge in [-0.2, -0.15) is 0 Å². The highest BCUT2D eigenvalue weighted by atomic mass is 16.6. The predicted octanol–water partition coefficient (Wildman–Crippen LogP) is 0.976. The first-order valence-corrected chi connectivity index (χ1v) is 6.93. The molecule has 106 valence electrons. The number of fused-ring (bicyclic) bond motifs is 3. The third kappa shape index (κ3) is 1.54. The molecule has 1 aliphatic heterocycles. The fraction of sp³-hybridized carbons (Fsp3) is 0.733. The van der Waals surface area contributed by atoms with Crippen molar-refractivity contribution in [2.75, 3.05) is 6.61 Å². The summed E-state index contributed by atoms with van der Waals surface area (Å²) in [6, 6.07) is 0. The summed E-state index contributed by atoms with van der Waals surface area (Å²) in [5.74, 6) is -1.45. The number of aliphatic hydroxyl groups excluding tert-OH is 1. The van der Waals surface area contributed by atoms with E-state index in [1.165, 1.54) is 0 Å². The molecule has 0 spiro atoms. The van der Waals surface area contributed by atoms with E-state index in [9.17, 15) is 15.3 Å². The standard InChI is InChI=1S/C15H22O4/c1-8-4-12-11(5-13(8)16)9(2)6-14(17)15(12,18)10(3)7-19-14/h4,9,11-13,16-18H,3,5-7H2,1-2H3/t9-,11+,12-,13-,14+,15+/m0/s1. The maximum absolute atomic E-state index is 11.1. The van der Waals surface area contributed by atoms with E-state index in [-0.39, 0.29) is 24.4 Å². The minimum absolute atomic E-state index is 0.141. The molecule has 0 bridgehead atoms. The highest BCUT2D eigenvalue weighted by molar-refractivity contribution is 5.33. The molecule has 0 unspecified atom stereocenters. The smallest absolute Gasteiger partial charge is 0.200 e. The van der Waals surface area contributed by atoms with Crippen LogP contribution in [0.4, 0.5) is 0 Å². The van der Waals surface area contributed by atoms with Crippen molar-refractivity contribution < 1.29 is 20.1 Å². The summed E-state index contributed by atoms with van der Waals surface area (Å²) in [6.07, 6.45) is 2.46. The van der Waals surface area contributed by atoms with E-state index in [1.54, 1.807) is 0 Å². The van der Waals surface area contributed by atoms with Gasteiger partial charge >= 0.3 is 0 Å². The second kappa shape index (κ2) is 3.92. The molecule has 2 fully saturated rings. The Morgan fingerprint density at radius 3 is 2.79 bits per heavy atom. The van der Waals surface area contributed by atoms with Crippen LogP contribution in [0.2, 0.25) is 0 Å². The fourth-order valence-corrected chi connectivity index (χ4v) is 4.13. The highest BCUT2D eigenvalue weighted by Crippen LogP contribution is 2.57. The molecule has 2 aliphatic carbocycles. The van der Waals surface area contributed by atoms with Gasteiger partial charge in [-0.15, -0.1) is 0 Å². The molecule has 4 heteroatoms. The summed E-state index contributed by atoms with van der Waals surface area (Å²) < 4.78 is 5.46. The second-order valence-electron chi connectivity index (χ2n) is 6.48. The number of hydrogen-bond acceptors (Lipinski definition) is 4. The van der Waals surface area contributed by atoms with Gasteiger partial charge in [0.2, 0.25) is 0 Å². The van der Waals surface area contributed by atoms with Crippen molar-refractivity contribution >= 4 is 0 Å². The number of aliphatic hydroxyl groups is 3. The van der Waals surface area contributed by atoms with Crippen LogP contribution in [0.1, 0.15) is 26.7 Å². The van der Waals surface area contributed by atoms with Crippen LogP contribution >= 0.6 is 0 Å². The molecule has 1 saturated carbocycles. The van der Waals surface area contributed by atoms with E-state index >= 15 is 0 Å². The molecule has 0 radical (unpaired) electrons. The van der Waals surface area contributed by atoms with Crippen molar-refractivity contribution in [2.24, 2.45) is 17.8 Å². The largest absolute Gasteiger partial charge is 0.389 e. The molecule has 0 aromatic rings. The van der Waals surface area contributed by atoms with E-state index in [4.69, 9.17) is 4.74 Å². The van der Waals surface area contributed by atoms with Gasteiger partial charge in [-0.25, -0.2) is 0 Å². The van der Waals surface area contributed by atoms with Crippen LogP contribution in [-0.4, -0.2) is 39.4 Å². The van der Waals surface area contributed by atoms with Crippen LogP contribution in [0.25, 0.3) is 0 Å². The molecule has 0 aromatic carbocycles. The molecule has 19 heavy (non-hydrogen) atoms. The second-order valence-corrected chi connectivity index (χ2v) is 6.48. The summed E-state index contributed by atoms with van der Waals surface area (Å²) in [7, 11) is 0. The molecule has 4 nitrogen and oxygen atoms in total. The summed E-state index contributed by atoms with van der Waals surface area (Å²) in [5.41, 5.74) is -0.0332. The lowest BCUT2D eigenvalue weighted by Crippen LogP contribution is -2.64. The van der Waals surface area contributed by atoms with Crippen LogP contribution in [0, 0.1) is 17.8 Å². The van der Waals surface area contributed by atoms with Crippen LogP contribution in [0.15, 0.2) is 23.8 Å². The Bertz CT molecular complexity index is 457. The topological polar surface area (TPSA) is 69.9 Å². The zero-order valence-electron chi connectivity index (χ0n) is 11.5. The van der Waals surface area contributed by atoms with E-state index in [0.717, 1.165) is 5.57 Å². The maximum Gasteiger partial charge on any atom is 0.200 e. The maximum atomic E-state index is 11.1. The van der Waals surface area contributed by atoms with Gasteiger partial charge in [-0.05, 0) is 36.3 Å². The fourth-order valence-electron chi connectivity index (χ4n) is 4.13. The molecule has 3 rings (SSSR count). The monoisotopic (exact) mass is 266 g/mol. The zero-order chi connectivity index (χ0) is 14.0. The first-order valence-electron chi connectivity index (χ1n) is 6.93. The third-order valence-corrected chi connectivity index (χ3v) is 5.36. The van der Waals surface area contributed by atoms with Gasteiger partial charge in [0.1, 0.15) is 5.60 Å². The van der Waals surface area contributed by atoms with Gasteiger partial charge in [-0.1, -0.05) is 19.6 Å². The summed E-state index contributed by atoms with van der Waals surface area (Å²) in [6.45, 7) is 7.99. The van der Waals surface area contributed by atoms with E-state index in [1.807, 2.05) is 19.9 Å². The summed E-state index contributed by atoms with van der Waals surface area (Å²) in [4.78, 5) is 0. The molecule has 3 N–H and O–H groups in total. The quantitative estimate of drug-likeness (QED) is 0.572. The molecule has 0 aromatic heterocycles. The average Bonchev–Trinajstić information content (AvgIpc) is 2.57. The first kappa shape index (κ1) is 13.3. The molecular formula is C15H22O4. The summed E-state index contributed by atoms with van der Waals surface area (Å²) >= 11 is 0. The Labute approximate surface area is 113 Å². The highest BCUT2D eigenvalue weighted by Gasteiger charge is 2.66. The first-order chi connectivity index (χ1) is 8.79. The van der Waals surface area contributed by atoms with Gasteiger partial charge in [0, 0.05) is 12.3 Å². The number of rotatable bonds is 0. The zero-order valence-corrected chi connectivity index (χ0v) is 11.5. The lowest BCUT2D eigenvalue weighted by Gasteiger charge is -2.53. The van der Waals surface area contributed by atoms with Gasteiger partial charge in [-0.3, -0.25) is 0 Å². The van der Waals surface area contributed by atoms with Gasteiger partial charge in [0.15, 0.2) is 5.79 Å². The van der Waals surface area contributed by atoms with Crippen LogP contribution in [0.3, 0.4) is 0 Å². The minimum Gasteiger partial charge on any atom is -0.389 e. The molecule has 3 aliphatic rings. The SMILES string of the molecule is C=C1CO[C@]2(O)C[C@H](C)[C@H]3C[C@H](O)C(C)=C[C@@H]3[C@]12O. The Kier molecular flexibility index (Phi) is 2.74. The van der Waals surface area contributed by atoms with Crippen molar-refractivity contribution in [1.29, 1.82) is 0 Å². The molecular weight excluding hydrogens is 244 g/mol. The molecule has 1 heterocycles. The Balaban J connectivity index is 2.11. The Morgan fingerprint density at radius 1 is 1.42 bits per heavy atom. The normalized spacial score (nSPS) is 53.5. The molecule has 0 amide bonds. The van der Waals surface area contributed by atoms with Crippen molar-refractivity contribution in [1.82, 2.24) is 0 Å². The molecule has 6 atom stereocenters. The number of ether oxygens (including phenoxy) is 1. The Morgan fingerprint density at radius 2 is 2.11 bits per heavy atom. The van der Waals surface area contributed by atoms with Crippen molar-refractivity contribution in [2.45, 2.75) is 44.2 Å². The Hall–Kier alpha value is -0.680. The van der Waals surface area contributed by atoms with Crippen LogP contribution in [0.5, 0.6) is 0 Å². The van der Waals surface area contributed by atoms with Crippen molar-refractivity contribution in [3.8, 4) is 0 Å². The lowest BCUT2D eigenvalue weighted by molar-refractivity contribution is -0.294. The van der Waals surface area contributed by atoms with Crippen molar-refractivity contribution in [3.05, 3.63) is 23.8 Å². The van der Waals surface area contributed by atoms with Gasteiger partial charge in [0.05, 0.1) is 12.7 Å². The third-order valence-electron chi connectivity index (χ3n) is 5.36. The summed E-state index contributed by atoms with van der Waals surface area (Å²) in [5, 5.41) is 31.8. The molecule has 1 saturated heterocycles. The predicted molar refractivity (Wildman–Crippen MR) is 70.1 cm³/mol. The average molecular weight is 266 g/mol. The van der Waals surface area contributed by atoms with E-state index in [2.05, 4.69) is 6.58 Å². The van der Waals surface area contributed by atoms with Gasteiger partial charge < -0.3 is 20.1 Å². The van der Waals surface area contributed by atoms with Crippen molar-refractivity contribution in [3.63, 3.8) is 0 Å². The van der Waals surface area contributed by atoms with Crippen LogP contribution < -0.4 is 0 Å². The van der Waals surface area contributed by atoms with Gasteiger partial charge in [0.25, 0.3) is 0 Å². The van der Waals surface area contributed by atoms with E-state index in [0.29, 0.717) is 18.4 Å². The number of hydrogen-bond donors (Lipinski definition) is 3. The lowest BCUT2D eigenvalue weighted by atomic mass is 9.57. The van der Waals surface area contributed by atoms with Crippen LogP contribution in [-0.2, 0) is 4.74 Å².